The summed E-state index contributed by atoms with van der Waals surface area (Å²) < 4.78 is 0. The first-order valence-electron chi connectivity index (χ1n) is 7.43. The van der Waals surface area contributed by atoms with Crippen LogP contribution in [0, 0.1) is 5.92 Å². The number of carbonyl (C=O) groups excluding carboxylic acids is 1. The van der Waals surface area contributed by atoms with Gasteiger partial charge >= 0.3 is 0 Å². The fourth-order valence-electron chi connectivity index (χ4n) is 2.37. The molecule has 0 aliphatic heterocycles. The molecule has 1 amide bonds. The van der Waals surface area contributed by atoms with Crippen LogP contribution in [0.3, 0.4) is 0 Å². The van der Waals surface area contributed by atoms with Gasteiger partial charge in [0.25, 0.3) is 0 Å². The number of amides is 1. The summed E-state index contributed by atoms with van der Waals surface area (Å²) in [7, 11) is 0. The first kappa shape index (κ1) is 16.7. The smallest absolute Gasteiger partial charge is 0.220 e. The number of nitrogens with one attached hydrogen (secondary N) is 1. The zero-order chi connectivity index (χ0) is 15.3. The van der Waals surface area contributed by atoms with Crippen molar-refractivity contribution in [1.82, 2.24) is 5.32 Å². The van der Waals surface area contributed by atoms with E-state index in [0.29, 0.717) is 18.9 Å². The maximum atomic E-state index is 12.0. The van der Waals surface area contributed by atoms with Crippen molar-refractivity contribution in [3.8, 4) is 0 Å². The van der Waals surface area contributed by atoms with Gasteiger partial charge < -0.3 is 11.1 Å². The lowest BCUT2D eigenvalue weighted by Gasteiger charge is -2.29. The minimum absolute atomic E-state index is 0.117. The first-order chi connectivity index (χ1) is 10.0. The lowest BCUT2D eigenvalue weighted by atomic mass is 9.95. The molecule has 1 atom stereocenters. The van der Waals surface area contributed by atoms with Crippen molar-refractivity contribution in [3.63, 3.8) is 0 Å². The van der Waals surface area contributed by atoms with Crippen LogP contribution in [0.1, 0.15) is 32.6 Å². The third-order valence-corrected chi connectivity index (χ3v) is 5.31. The Labute approximate surface area is 136 Å². The van der Waals surface area contributed by atoms with E-state index in [1.165, 1.54) is 17.7 Å². The topological polar surface area (TPSA) is 55.1 Å². The van der Waals surface area contributed by atoms with Gasteiger partial charge in [-0.2, -0.15) is 0 Å². The summed E-state index contributed by atoms with van der Waals surface area (Å²) in [6, 6.07) is 7.79. The second-order valence-electron chi connectivity index (χ2n) is 5.85. The van der Waals surface area contributed by atoms with Crippen molar-refractivity contribution in [2.75, 3.05) is 12.3 Å². The van der Waals surface area contributed by atoms with Crippen LogP contribution >= 0.6 is 23.4 Å². The van der Waals surface area contributed by atoms with Crippen molar-refractivity contribution in [2.24, 2.45) is 11.7 Å². The molecule has 2 rings (SSSR count). The molecule has 1 aromatic rings. The van der Waals surface area contributed by atoms with E-state index in [1.807, 2.05) is 24.3 Å². The van der Waals surface area contributed by atoms with Crippen molar-refractivity contribution >= 4 is 29.3 Å². The molecule has 0 bridgehead atoms. The van der Waals surface area contributed by atoms with Crippen LogP contribution in [0.2, 0.25) is 5.02 Å². The summed E-state index contributed by atoms with van der Waals surface area (Å²) in [6.45, 7) is 2.58. The Bertz CT molecular complexity index is 476. The van der Waals surface area contributed by atoms with Crippen LogP contribution in [-0.2, 0) is 4.79 Å². The Morgan fingerprint density at radius 1 is 1.43 bits per heavy atom. The number of hydrogen-bond donors (Lipinski definition) is 2. The fraction of sp³-hybridized carbons (Fsp3) is 0.562. The molecule has 1 fully saturated rings. The number of hydrogen-bond acceptors (Lipinski definition) is 3. The highest BCUT2D eigenvalue weighted by atomic mass is 35.5. The van der Waals surface area contributed by atoms with Crippen LogP contribution in [0.5, 0.6) is 0 Å². The van der Waals surface area contributed by atoms with Gasteiger partial charge in [-0.25, -0.2) is 0 Å². The normalized spacial score (nSPS) is 17.3. The monoisotopic (exact) mass is 326 g/mol. The van der Waals surface area contributed by atoms with E-state index in [-0.39, 0.29) is 11.4 Å². The molecule has 1 aliphatic carbocycles. The summed E-state index contributed by atoms with van der Waals surface area (Å²) in [5.41, 5.74) is 5.60. The highest BCUT2D eigenvalue weighted by Gasteiger charge is 2.41. The molecule has 0 saturated heterocycles. The maximum Gasteiger partial charge on any atom is 0.220 e. The average Bonchev–Trinajstić information content (AvgIpc) is 3.30. The predicted molar refractivity (Wildman–Crippen MR) is 89.7 cm³/mol. The van der Waals surface area contributed by atoms with E-state index < -0.39 is 0 Å². The highest BCUT2D eigenvalue weighted by molar-refractivity contribution is 7.99. The molecule has 1 saturated carbocycles. The largest absolute Gasteiger partial charge is 0.349 e. The second-order valence-corrected chi connectivity index (χ2v) is 7.45. The van der Waals surface area contributed by atoms with E-state index >= 15 is 0 Å². The Morgan fingerprint density at radius 3 is 2.67 bits per heavy atom. The van der Waals surface area contributed by atoms with Gasteiger partial charge in [0.1, 0.15) is 0 Å². The number of halogens is 1. The van der Waals surface area contributed by atoms with E-state index in [1.54, 1.807) is 11.8 Å². The number of carbonyl (C=O) groups is 1. The summed E-state index contributed by atoms with van der Waals surface area (Å²) in [4.78, 5) is 13.2. The van der Waals surface area contributed by atoms with Crippen LogP contribution in [0.15, 0.2) is 29.2 Å². The minimum Gasteiger partial charge on any atom is -0.349 e. The molecule has 0 spiro atoms. The number of nitrogens with two attached hydrogens (primary N) is 1. The highest BCUT2D eigenvalue weighted by Crippen LogP contribution is 2.39. The molecule has 5 heteroatoms. The molecule has 1 aliphatic rings. The van der Waals surface area contributed by atoms with E-state index in [9.17, 15) is 4.79 Å². The fourth-order valence-corrected chi connectivity index (χ4v) is 3.35. The van der Waals surface area contributed by atoms with Gasteiger partial charge in [-0.3, -0.25) is 4.79 Å². The zero-order valence-electron chi connectivity index (χ0n) is 12.4. The SMILES string of the molecule is CC(CN)(NC(=O)CCCSc1ccc(Cl)cc1)C1CC1. The molecule has 116 valence electrons. The molecular weight excluding hydrogens is 304 g/mol. The lowest BCUT2D eigenvalue weighted by Crippen LogP contribution is -2.53. The Hall–Kier alpha value is -0.710. The summed E-state index contributed by atoms with van der Waals surface area (Å²) in [6.07, 6.45) is 3.79. The molecule has 3 N–H and O–H groups in total. The van der Waals surface area contributed by atoms with Gasteiger partial charge in [0.2, 0.25) is 5.91 Å². The average molecular weight is 327 g/mol. The van der Waals surface area contributed by atoms with Gasteiger partial charge in [0, 0.05) is 22.9 Å². The van der Waals surface area contributed by atoms with Crippen LogP contribution in [0.25, 0.3) is 0 Å². The van der Waals surface area contributed by atoms with Crippen LogP contribution in [0.4, 0.5) is 0 Å². The van der Waals surface area contributed by atoms with E-state index in [2.05, 4.69) is 12.2 Å². The third kappa shape index (κ3) is 5.20. The molecule has 3 nitrogen and oxygen atoms in total. The van der Waals surface area contributed by atoms with Gasteiger partial charge in [0.05, 0.1) is 5.54 Å². The molecule has 0 heterocycles. The zero-order valence-corrected chi connectivity index (χ0v) is 14.0. The lowest BCUT2D eigenvalue weighted by molar-refractivity contribution is -0.123. The van der Waals surface area contributed by atoms with Gasteiger partial charge in [-0.05, 0) is 62.1 Å². The van der Waals surface area contributed by atoms with Crippen molar-refractivity contribution in [1.29, 1.82) is 0 Å². The maximum absolute atomic E-state index is 12.0. The molecular formula is C16H23ClN2OS. The number of rotatable bonds is 8. The molecule has 0 radical (unpaired) electrons. The Kier molecular flexibility index (Phi) is 5.97. The van der Waals surface area contributed by atoms with Crippen molar-refractivity contribution in [3.05, 3.63) is 29.3 Å². The Morgan fingerprint density at radius 2 is 2.10 bits per heavy atom. The second kappa shape index (κ2) is 7.52. The van der Waals surface area contributed by atoms with Gasteiger partial charge in [-0.1, -0.05) is 11.6 Å². The first-order valence-corrected chi connectivity index (χ1v) is 8.79. The quantitative estimate of drug-likeness (QED) is 0.568. The van der Waals surface area contributed by atoms with Crippen LogP contribution < -0.4 is 11.1 Å². The molecule has 1 unspecified atom stereocenters. The minimum atomic E-state index is -0.208. The van der Waals surface area contributed by atoms with Crippen molar-refractivity contribution in [2.45, 2.75) is 43.0 Å². The van der Waals surface area contributed by atoms with E-state index in [4.69, 9.17) is 17.3 Å². The summed E-state index contributed by atoms with van der Waals surface area (Å²) in [5, 5.41) is 3.87. The Balaban J connectivity index is 1.66. The molecule has 21 heavy (non-hydrogen) atoms. The van der Waals surface area contributed by atoms with E-state index in [0.717, 1.165) is 17.2 Å². The third-order valence-electron chi connectivity index (χ3n) is 3.96. The number of thioether (sulfide) groups is 1. The summed E-state index contributed by atoms with van der Waals surface area (Å²) >= 11 is 7.60. The molecule has 1 aromatic carbocycles. The van der Waals surface area contributed by atoms with Crippen LogP contribution in [-0.4, -0.2) is 23.7 Å². The number of benzene rings is 1. The standard InChI is InChI=1S/C16H23ClN2OS/c1-16(11-18,12-4-5-12)19-15(20)3-2-10-21-14-8-6-13(17)7-9-14/h6-9,12H,2-5,10-11,18H2,1H3,(H,19,20). The van der Waals surface area contributed by atoms with Gasteiger partial charge in [-0.15, -0.1) is 11.8 Å². The predicted octanol–water partition coefficient (Wildman–Crippen LogP) is 3.46. The van der Waals surface area contributed by atoms with Crippen molar-refractivity contribution < 1.29 is 4.79 Å². The molecule has 0 aromatic heterocycles. The van der Waals surface area contributed by atoms with Gasteiger partial charge in [0.15, 0.2) is 0 Å². The summed E-state index contributed by atoms with van der Waals surface area (Å²) in [5.74, 6) is 1.61.